The van der Waals surface area contributed by atoms with E-state index in [0.717, 1.165) is 15.8 Å². The average molecular weight is 597 g/mol. The van der Waals surface area contributed by atoms with Gasteiger partial charge in [0.15, 0.2) is 17.1 Å². The Labute approximate surface area is 225 Å². The van der Waals surface area contributed by atoms with E-state index >= 15 is 0 Å². The lowest BCUT2D eigenvalue weighted by molar-refractivity contribution is -0.113. The summed E-state index contributed by atoms with van der Waals surface area (Å²) in [5, 5.41) is 11.8. The van der Waals surface area contributed by atoms with Gasteiger partial charge in [0, 0.05) is 11.5 Å². The van der Waals surface area contributed by atoms with Gasteiger partial charge in [-0.15, -0.1) is 21.5 Å². The van der Waals surface area contributed by atoms with Crippen molar-refractivity contribution in [2.24, 2.45) is 12.8 Å². The van der Waals surface area contributed by atoms with Crippen LogP contribution in [0.1, 0.15) is 58.3 Å². The van der Waals surface area contributed by atoms with Crippen LogP contribution in [0.4, 0.5) is 5.00 Å². The highest BCUT2D eigenvalue weighted by molar-refractivity contribution is 9.10. The molecule has 36 heavy (non-hydrogen) atoms. The SMILES string of the molecule is Cc1c(C(N)=O)sc(NC(=O)CSc2nnc(C(C)Oc3ccc(Br)cc3)n2C)c1C(=O)OC(C)C. The summed E-state index contributed by atoms with van der Waals surface area (Å²) in [6.45, 7) is 6.88. The maximum Gasteiger partial charge on any atom is 0.341 e. The van der Waals surface area contributed by atoms with Crippen LogP contribution in [0.2, 0.25) is 0 Å². The van der Waals surface area contributed by atoms with Crippen LogP contribution in [0.15, 0.2) is 33.9 Å². The average Bonchev–Trinajstić information content (AvgIpc) is 3.32. The van der Waals surface area contributed by atoms with Gasteiger partial charge in [0.1, 0.15) is 10.8 Å². The van der Waals surface area contributed by atoms with Crippen molar-refractivity contribution in [1.29, 1.82) is 0 Å². The second kappa shape index (κ2) is 11.9. The molecule has 1 atom stereocenters. The van der Waals surface area contributed by atoms with Gasteiger partial charge in [-0.05, 0) is 57.5 Å². The van der Waals surface area contributed by atoms with Crippen LogP contribution < -0.4 is 15.8 Å². The molecule has 3 aromatic rings. The third-order valence-corrected chi connectivity index (χ3v) is 7.63. The maximum absolute atomic E-state index is 12.7. The topological polar surface area (TPSA) is 138 Å². The van der Waals surface area contributed by atoms with Crippen molar-refractivity contribution in [3.63, 3.8) is 0 Å². The Kier molecular flexibility index (Phi) is 9.14. The summed E-state index contributed by atoms with van der Waals surface area (Å²) in [4.78, 5) is 37.3. The number of halogens is 1. The number of primary amides is 1. The van der Waals surface area contributed by atoms with Gasteiger partial charge < -0.3 is 25.1 Å². The van der Waals surface area contributed by atoms with Crippen LogP contribution in [-0.4, -0.2) is 44.4 Å². The van der Waals surface area contributed by atoms with E-state index in [1.807, 2.05) is 31.2 Å². The first-order chi connectivity index (χ1) is 17.0. The summed E-state index contributed by atoms with van der Waals surface area (Å²) < 4.78 is 13.9. The predicted molar refractivity (Wildman–Crippen MR) is 142 cm³/mol. The maximum atomic E-state index is 12.7. The number of anilines is 1. The molecule has 192 valence electrons. The Morgan fingerprint density at radius 3 is 2.47 bits per heavy atom. The third kappa shape index (κ3) is 6.65. The Hall–Kier alpha value is -2.90. The van der Waals surface area contributed by atoms with Crippen molar-refractivity contribution in [3.8, 4) is 5.75 Å². The van der Waals surface area contributed by atoms with E-state index in [1.165, 1.54) is 11.8 Å². The zero-order valence-corrected chi connectivity index (χ0v) is 23.5. The number of nitrogens with zero attached hydrogens (tertiary/aromatic N) is 3. The molecule has 0 spiro atoms. The zero-order valence-electron chi connectivity index (χ0n) is 20.3. The number of hydrogen-bond donors (Lipinski definition) is 2. The summed E-state index contributed by atoms with van der Waals surface area (Å²) in [6.07, 6.45) is -0.740. The molecule has 0 aliphatic rings. The minimum absolute atomic E-state index is 0.00452. The van der Waals surface area contributed by atoms with E-state index in [4.69, 9.17) is 15.2 Å². The molecule has 2 heterocycles. The Balaban J connectivity index is 1.68. The molecule has 3 N–H and O–H groups in total. The standard InChI is InChI=1S/C23H26BrN5O5S2/c1-11(2)33-22(32)17-12(3)18(19(25)31)36-21(17)26-16(30)10-35-23-28-27-20(29(23)5)13(4)34-15-8-6-14(24)7-9-15/h6-9,11,13H,10H2,1-5H3,(H2,25,31)(H,26,30). The number of aromatic nitrogens is 3. The van der Waals surface area contributed by atoms with Gasteiger partial charge in [-0.3, -0.25) is 9.59 Å². The first-order valence-electron chi connectivity index (χ1n) is 10.9. The molecule has 0 aliphatic carbocycles. The molecule has 2 aromatic heterocycles. The summed E-state index contributed by atoms with van der Waals surface area (Å²) >= 11 is 5.51. The van der Waals surface area contributed by atoms with Crippen molar-refractivity contribution in [2.45, 2.75) is 45.1 Å². The number of ether oxygens (including phenoxy) is 2. The number of thioether (sulfide) groups is 1. The highest BCUT2D eigenvalue weighted by atomic mass is 79.9. The van der Waals surface area contributed by atoms with E-state index in [0.29, 0.717) is 22.3 Å². The molecule has 10 nitrogen and oxygen atoms in total. The van der Waals surface area contributed by atoms with Gasteiger partial charge in [0.05, 0.1) is 22.3 Å². The molecule has 0 radical (unpaired) electrons. The number of carbonyl (C=O) groups is 3. The van der Waals surface area contributed by atoms with Crippen molar-refractivity contribution < 1.29 is 23.9 Å². The number of nitrogens with two attached hydrogens (primary N) is 1. The fraction of sp³-hybridized carbons (Fsp3) is 0.348. The molecular weight excluding hydrogens is 570 g/mol. The quantitative estimate of drug-likeness (QED) is 0.258. The second-order valence-corrected chi connectivity index (χ2v) is 10.9. The molecule has 13 heteroatoms. The molecule has 3 rings (SSSR count). The lowest BCUT2D eigenvalue weighted by Crippen LogP contribution is -2.18. The van der Waals surface area contributed by atoms with E-state index in [2.05, 4.69) is 31.4 Å². The molecule has 0 fully saturated rings. The highest BCUT2D eigenvalue weighted by Gasteiger charge is 2.26. The molecule has 0 saturated carbocycles. The molecule has 1 aromatic carbocycles. The Bertz CT molecular complexity index is 1270. The monoisotopic (exact) mass is 595 g/mol. The minimum Gasteiger partial charge on any atom is -0.483 e. The summed E-state index contributed by atoms with van der Waals surface area (Å²) in [5.74, 6) is -0.422. The molecule has 0 saturated heterocycles. The molecule has 1 unspecified atom stereocenters. The van der Waals surface area contributed by atoms with Crippen molar-refractivity contribution in [2.75, 3.05) is 11.1 Å². The normalized spacial score (nSPS) is 11.9. The van der Waals surface area contributed by atoms with E-state index in [1.54, 1.807) is 32.4 Å². The number of rotatable bonds is 10. The van der Waals surface area contributed by atoms with E-state index < -0.39 is 11.9 Å². The third-order valence-electron chi connectivity index (χ3n) is 4.86. The van der Waals surface area contributed by atoms with E-state index in [-0.39, 0.29) is 39.3 Å². The van der Waals surface area contributed by atoms with Crippen LogP contribution in [0.5, 0.6) is 5.75 Å². The molecular formula is C23H26BrN5O5S2. The summed E-state index contributed by atoms with van der Waals surface area (Å²) in [5.41, 5.74) is 5.93. The predicted octanol–water partition coefficient (Wildman–Crippen LogP) is 4.48. The highest BCUT2D eigenvalue weighted by Crippen LogP contribution is 2.34. The lowest BCUT2D eigenvalue weighted by atomic mass is 10.1. The van der Waals surface area contributed by atoms with Crippen LogP contribution in [0.25, 0.3) is 0 Å². The number of hydrogen-bond acceptors (Lipinski definition) is 9. The molecule has 0 bridgehead atoms. The fourth-order valence-corrected chi connectivity index (χ4v) is 5.27. The van der Waals surface area contributed by atoms with Crippen LogP contribution in [-0.2, 0) is 16.6 Å². The summed E-state index contributed by atoms with van der Waals surface area (Å²) in [7, 11) is 1.79. The van der Waals surface area contributed by atoms with Crippen molar-refractivity contribution in [3.05, 3.63) is 50.6 Å². The fourth-order valence-electron chi connectivity index (χ4n) is 3.22. The number of nitrogens with one attached hydrogen (secondary N) is 1. The number of esters is 1. The van der Waals surface area contributed by atoms with Gasteiger partial charge >= 0.3 is 5.97 Å². The number of carbonyl (C=O) groups excluding carboxylic acids is 3. The van der Waals surface area contributed by atoms with E-state index in [9.17, 15) is 14.4 Å². The summed E-state index contributed by atoms with van der Waals surface area (Å²) in [6, 6.07) is 7.46. The number of benzene rings is 1. The Morgan fingerprint density at radius 2 is 1.86 bits per heavy atom. The van der Waals surface area contributed by atoms with Gasteiger partial charge in [0.25, 0.3) is 5.91 Å². The minimum atomic E-state index is -0.683. The van der Waals surface area contributed by atoms with Gasteiger partial charge in [-0.2, -0.15) is 0 Å². The lowest BCUT2D eigenvalue weighted by Gasteiger charge is -2.14. The van der Waals surface area contributed by atoms with Gasteiger partial charge in [-0.1, -0.05) is 27.7 Å². The first-order valence-corrected chi connectivity index (χ1v) is 13.5. The van der Waals surface area contributed by atoms with Crippen molar-refractivity contribution >= 4 is 61.8 Å². The largest absolute Gasteiger partial charge is 0.483 e. The molecule has 0 aliphatic heterocycles. The number of thiophene rings is 1. The smallest absolute Gasteiger partial charge is 0.341 e. The van der Waals surface area contributed by atoms with Crippen LogP contribution in [0.3, 0.4) is 0 Å². The van der Waals surface area contributed by atoms with Crippen molar-refractivity contribution in [1.82, 2.24) is 14.8 Å². The molecule has 2 amide bonds. The number of amides is 2. The Morgan fingerprint density at radius 1 is 1.19 bits per heavy atom. The van der Waals surface area contributed by atoms with Crippen LogP contribution in [0, 0.1) is 6.92 Å². The first kappa shape index (κ1) is 27.7. The second-order valence-electron chi connectivity index (χ2n) is 8.03. The van der Waals surface area contributed by atoms with Gasteiger partial charge in [0.2, 0.25) is 5.91 Å². The van der Waals surface area contributed by atoms with Crippen LogP contribution >= 0.6 is 39.0 Å². The zero-order chi connectivity index (χ0) is 26.6. The van der Waals surface area contributed by atoms with Gasteiger partial charge in [-0.25, -0.2) is 4.79 Å².